The third kappa shape index (κ3) is 9.39. The Morgan fingerprint density at radius 2 is 0.880 bits per heavy atom. The van der Waals surface area contributed by atoms with Gasteiger partial charge in [0.15, 0.2) is 11.6 Å². The van der Waals surface area contributed by atoms with Crippen LogP contribution in [0.1, 0.15) is 36.1 Å². The summed E-state index contributed by atoms with van der Waals surface area (Å²) in [5.41, 5.74) is 5.82. The molecule has 10 nitrogen and oxygen atoms in total. The number of anilines is 2. The van der Waals surface area contributed by atoms with Crippen molar-refractivity contribution < 1.29 is 19.2 Å². The van der Waals surface area contributed by atoms with Crippen LogP contribution in [-0.2, 0) is 19.2 Å². The van der Waals surface area contributed by atoms with E-state index >= 15 is 0 Å². The SMILES string of the molecule is CC(=O)[C@@H](N=Nc1ccc(-c2ccc(N=N[C@@H](C(C)=O)C(=O)Nc3cc(C)c(Cl)cc3C)c(Cl)c2)cc1Cl)C(=O)Nc1cc(C)c(Cl)cc1C. The van der Waals surface area contributed by atoms with Crippen molar-refractivity contribution in [3.8, 4) is 11.1 Å². The zero-order valence-corrected chi connectivity index (χ0v) is 30.9. The number of benzene rings is 4. The first-order valence-electron chi connectivity index (χ1n) is 15.1. The van der Waals surface area contributed by atoms with Crippen LogP contribution in [-0.4, -0.2) is 35.5 Å². The highest BCUT2D eigenvalue weighted by molar-refractivity contribution is 6.34. The molecule has 0 unspecified atom stereocenters. The van der Waals surface area contributed by atoms with E-state index < -0.39 is 35.5 Å². The molecule has 0 aliphatic carbocycles. The third-order valence-corrected chi connectivity index (χ3v) is 9.00. The number of Topliss-reactive ketones (excluding diaryl/α,β-unsaturated/α-hetero) is 2. The molecule has 4 aromatic rings. The van der Waals surface area contributed by atoms with E-state index in [1.54, 1.807) is 88.4 Å². The number of rotatable bonds is 11. The summed E-state index contributed by atoms with van der Waals surface area (Å²) in [5.74, 6) is -2.30. The molecule has 50 heavy (non-hydrogen) atoms. The summed E-state index contributed by atoms with van der Waals surface area (Å²) < 4.78 is 0. The van der Waals surface area contributed by atoms with Crippen molar-refractivity contribution in [1.82, 2.24) is 0 Å². The molecule has 258 valence electrons. The highest BCUT2D eigenvalue weighted by Gasteiger charge is 2.25. The van der Waals surface area contributed by atoms with Crippen molar-refractivity contribution in [3.05, 3.63) is 103 Å². The topological polar surface area (TPSA) is 142 Å². The smallest absolute Gasteiger partial charge is 0.258 e. The van der Waals surface area contributed by atoms with Gasteiger partial charge in [-0.2, -0.15) is 20.5 Å². The van der Waals surface area contributed by atoms with Gasteiger partial charge in [-0.25, -0.2) is 0 Å². The van der Waals surface area contributed by atoms with Crippen LogP contribution in [0.3, 0.4) is 0 Å². The number of ketones is 2. The zero-order valence-electron chi connectivity index (χ0n) is 27.9. The van der Waals surface area contributed by atoms with Crippen LogP contribution in [0.5, 0.6) is 0 Å². The second-order valence-electron chi connectivity index (χ2n) is 11.6. The van der Waals surface area contributed by atoms with Gasteiger partial charge in [0.1, 0.15) is 11.4 Å². The van der Waals surface area contributed by atoms with E-state index in [2.05, 4.69) is 31.1 Å². The van der Waals surface area contributed by atoms with Gasteiger partial charge in [0.2, 0.25) is 12.1 Å². The van der Waals surface area contributed by atoms with E-state index in [1.807, 2.05) is 0 Å². The Bertz CT molecular complexity index is 1940. The molecule has 0 fully saturated rings. The minimum Gasteiger partial charge on any atom is -0.324 e. The number of hydrogen-bond donors (Lipinski definition) is 2. The summed E-state index contributed by atoms with van der Waals surface area (Å²) >= 11 is 25.3. The Labute approximate surface area is 309 Å². The molecule has 0 aromatic heterocycles. The van der Waals surface area contributed by atoms with Crippen molar-refractivity contribution in [3.63, 3.8) is 0 Å². The standard InChI is InChI=1S/C36H32Cl4N6O4/c1-17-13-31(19(3)11-25(17)37)41-35(49)33(21(5)47)45-43-29-9-7-23(15-27(29)39)24-8-10-30(28(40)16-24)44-46-34(22(6)48)36(50)42-32-14-18(2)26(38)12-20(32)4/h7-16,33-34H,1-6H3,(H,41,49)(H,42,50)/t33-,34+. The van der Waals surface area contributed by atoms with E-state index in [0.29, 0.717) is 32.5 Å². The van der Waals surface area contributed by atoms with Gasteiger partial charge in [-0.05, 0) is 123 Å². The minimum atomic E-state index is -1.40. The molecule has 0 aliphatic heterocycles. The molecule has 0 spiro atoms. The van der Waals surface area contributed by atoms with Crippen molar-refractivity contribution in [2.75, 3.05) is 10.6 Å². The lowest BCUT2D eigenvalue weighted by Crippen LogP contribution is -2.32. The van der Waals surface area contributed by atoms with Gasteiger partial charge in [-0.3, -0.25) is 19.2 Å². The van der Waals surface area contributed by atoms with Crippen LogP contribution in [0.25, 0.3) is 11.1 Å². The van der Waals surface area contributed by atoms with Gasteiger partial charge in [-0.1, -0.05) is 58.5 Å². The van der Waals surface area contributed by atoms with Crippen LogP contribution < -0.4 is 10.6 Å². The normalized spacial score (nSPS) is 12.6. The van der Waals surface area contributed by atoms with Gasteiger partial charge >= 0.3 is 0 Å². The molecular formula is C36H32Cl4N6O4. The Morgan fingerprint density at radius 1 is 0.520 bits per heavy atom. The third-order valence-electron chi connectivity index (χ3n) is 7.58. The Hall–Kier alpha value is -4.48. The molecule has 2 atom stereocenters. The molecule has 14 heteroatoms. The Balaban J connectivity index is 1.48. The lowest BCUT2D eigenvalue weighted by atomic mass is 10.0. The first-order valence-corrected chi connectivity index (χ1v) is 16.6. The lowest BCUT2D eigenvalue weighted by molar-refractivity contribution is -0.127. The summed E-state index contributed by atoms with van der Waals surface area (Å²) in [5, 5.41) is 23.1. The van der Waals surface area contributed by atoms with Crippen LogP contribution in [0.4, 0.5) is 22.7 Å². The van der Waals surface area contributed by atoms with E-state index in [-0.39, 0.29) is 21.4 Å². The maximum atomic E-state index is 12.9. The van der Waals surface area contributed by atoms with Crippen LogP contribution in [0, 0.1) is 27.7 Å². The highest BCUT2D eigenvalue weighted by atomic mass is 35.5. The number of amides is 2. The number of nitrogens with one attached hydrogen (secondary N) is 2. The monoisotopic (exact) mass is 752 g/mol. The second kappa shape index (κ2) is 16.5. The predicted octanol–water partition coefficient (Wildman–Crippen LogP) is 10.6. The average molecular weight is 755 g/mol. The van der Waals surface area contributed by atoms with Crippen LogP contribution in [0.15, 0.2) is 81.1 Å². The molecular weight excluding hydrogens is 722 g/mol. The molecule has 4 aromatic carbocycles. The molecule has 0 bridgehead atoms. The highest BCUT2D eigenvalue weighted by Crippen LogP contribution is 2.35. The molecule has 0 aliphatic rings. The average Bonchev–Trinajstić information content (AvgIpc) is 3.03. The van der Waals surface area contributed by atoms with E-state index in [9.17, 15) is 19.2 Å². The summed E-state index contributed by atoms with van der Waals surface area (Å²) in [6.07, 6.45) is 0. The maximum Gasteiger partial charge on any atom is 0.258 e. The van der Waals surface area contributed by atoms with Gasteiger partial charge in [-0.15, -0.1) is 0 Å². The van der Waals surface area contributed by atoms with E-state index in [4.69, 9.17) is 46.4 Å². The minimum absolute atomic E-state index is 0.208. The van der Waals surface area contributed by atoms with E-state index in [1.165, 1.54) is 13.8 Å². The number of carbonyl (C=O) groups excluding carboxylic acids is 4. The largest absolute Gasteiger partial charge is 0.324 e. The van der Waals surface area contributed by atoms with E-state index in [0.717, 1.165) is 22.3 Å². The van der Waals surface area contributed by atoms with Crippen molar-refractivity contribution in [2.45, 2.75) is 53.6 Å². The van der Waals surface area contributed by atoms with Crippen molar-refractivity contribution in [1.29, 1.82) is 0 Å². The van der Waals surface area contributed by atoms with Gasteiger partial charge in [0.25, 0.3) is 11.8 Å². The quantitative estimate of drug-likeness (QED) is 0.116. The summed E-state index contributed by atoms with van der Waals surface area (Å²) in [6.45, 7) is 9.68. The summed E-state index contributed by atoms with van der Waals surface area (Å²) in [7, 11) is 0. The molecule has 2 N–H and O–H groups in total. The van der Waals surface area contributed by atoms with Gasteiger partial charge < -0.3 is 10.6 Å². The number of carbonyl (C=O) groups is 4. The zero-order chi connectivity index (χ0) is 36.9. The Morgan fingerprint density at radius 3 is 1.20 bits per heavy atom. The number of azo groups is 2. The predicted molar refractivity (Wildman–Crippen MR) is 199 cm³/mol. The maximum absolute atomic E-state index is 12.9. The van der Waals surface area contributed by atoms with Crippen LogP contribution in [0.2, 0.25) is 20.1 Å². The fraction of sp³-hybridized carbons (Fsp3) is 0.222. The number of aryl methyl sites for hydroxylation is 4. The number of halogens is 4. The first-order chi connectivity index (χ1) is 23.5. The van der Waals surface area contributed by atoms with Crippen molar-refractivity contribution in [2.24, 2.45) is 20.5 Å². The van der Waals surface area contributed by atoms with Crippen LogP contribution >= 0.6 is 46.4 Å². The number of nitrogens with zero attached hydrogens (tertiary/aromatic N) is 4. The lowest BCUT2D eigenvalue weighted by Gasteiger charge is -2.13. The van der Waals surface area contributed by atoms with Crippen molar-refractivity contribution >= 4 is 92.5 Å². The molecule has 2 amide bonds. The fourth-order valence-corrected chi connectivity index (χ4v) is 5.52. The second-order valence-corrected chi connectivity index (χ2v) is 13.2. The Kier molecular flexibility index (Phi) is 12.6. The molecule has 4 rings (SSSR count). The van der Waals surface area contributed by atoms with Gasteiger partial charge in [0.05, 0.1) is 10.0 Å². The summed E-state index contributed by atoms with van der Waals surface area (Å²) in [4.78, 5) is 50.5. The molecule has 0 saturated carbocycles. The summed E-state index contributed by atoms with van der Waals surface area (Å²) in [6, 6.07) is 13.9. The molecule has 0 heterocycles. The first kappa shape index (κ1) is 38.3. The molecule has 0 radical (unpaired) electrons. The molecule has 0 saturated heterocycles. The fourth-order valence-electron chi connectivity index (χ4n) is 4.65. The number of hydrogen-bond acceptors (Lipinski definition) is 8. The van der Waals surface area contributed by atoms with Gasteiger partial charge in [0, 0.05) is 21.4 Å².